The number of carbonyl (C=O) groups is 1. The first-order valence-corrected chi connectivity index (χ1v) is 4.98. The number of hydrogen-bond donors (Lipinski definition) is 2. The van der Waals surface area contributed by atoms with Crippen LogP contribution >= 0.6 is 0 Å². The van der Waals surface area contributed by atoms with Crippen LogP contribution in [0.4, 0.5) is 0 Å². The van der Waals surface area contributed by atoms with E-state index in [1.165, 1.54) is 13.0 Å². The van der Waals surface area contributed by atoms with Crippen LogP contribution in [0.15, 0.2) is 39.5 Å². The average Bonchev–Trinajstić information content (AvgIpc) is 2.27. The molecule has 0 saturated heterocycles. The Balaban J connectivity index is 2.75. The predicted octanol–water partition coefficient (Wildman–Crippen LogP) is 1.05. The molecule has 0 aliphatic heterocycles. The van der Waals surface area contributed by atoms with Gasteiger partial charge in [-0.05, 0) is 19.1 Å². The van der Waals surface area contributed by atoms with Crippen LogP contribution in [-0.2, 0) is 10.3 Å². The van der Waals surface area contributed by atoms with Crippen LogP contribution in [0, 0.1) is 0 Å². The van der Waals surface area contributed by atoms with Gasteiger partial charge < -0.3 is 15.3 Å². The van der Waals surface area contributed by atoms with E-state index < -0.39 is 17.1 Å². The van der Waals surface area contributed by atoms with Crippen molar-refractivity contribution >= 4 is 16.9 Å². The van der Waals surface area contributed by atoms with Gasteiger partial charge in [-0.2, -0.15) is 0 Å². The van der Waals surface area contributed by atoms with Gasteiger partial charge in [0.25, 0.3) is 0 Å². The molecule has 5 nitrogen and oxygen atoms in total. The maximum Gasteiger partial charge on any atom is 0.341 e. The van der Waals surface area contributed by atoms with Crippen LogP contribution < -0.4 is 11.4 Å². The Morgan fingerprint density at radius 2 is 2.06 bits per heavy atom. The van der Waals surface area contributed by atoms with Crippen LogP contribution in [-0.4, -0.2) is 11.1 Å². The zero-order valence-corrected chi connectivity index (χ0v) is 9.14. The number of nitrogens with two attached hydrogens (primary N) is 1. The summed E-state index contributed by atoms with van der Waals surface area (Å²) in [5.41, 5.74) is 3.47. The quantitative estimate of drug-likeness (QED) is 0.756. The van der Waals surface area contributed by atoms with Gasteiger partial charge in [-0.15, -0.1) is 0 Å². The first-order chi connectivity index (χ1) is 7.93. The molecule has 0 aliphatic carbocycles. The minimum atomic E-state index is -1.76. The number of carboxylic acids is 1. The summed E-state index contributed by atoms with van der Waals surface area (Å²) in [6.45, 7) is 1.26. The second kappa shape index (κ2) is 3.71. The smallest absolute Gasteiger partial charge is 0.341 e. The van der Waals surface area contributed by atoms with Crippen LogP contribution in [0.5, 0.6) is 0 Å². The van der Waals surface area contributed by atoms with Gasteiger partial charge in [0.2, 0.25) is 0 Å². The third-order valence-electron chi connectivity index (χ3n) is 2.65. The molecule has 1 aromatic heterocycles. The molecule has 1 aromatic carbocycles. The normalized spacial score (nSPS) is 14.5. The number of rotatable bonds is 2. The zero-order valence-electron chi connectivity index (χ0n) is 9.14. The van der Waals surface area contributed by atoms with E-state index in [0.717, 1.165) is 0 Å². The highest BCUT2D eigenvalue weighted by molar-refractivity contribution is 5.83. The zero-order chi connectivity index (χ0) is 12.6. The van der Waals surface area contributed by atoms with E-state index in [1.807, 2.05) is 0 Å². The molecule has 0 spiro atoms. The summed E-state index contributed by atoms with van der Waals surface area (Å²) < 4.78 is 5.03. The summed E-state index contributed by atoms with van der Waals surface area (Å²) in [5, 5.41) is 9.62. The van der Waals surface area contributed by atoms with Gasteiger partial charge in [0, 0.05) is 5.39 Å². The van der Waals surface area contributed by atoms with Crippen LogP contribution in [0.25, 0.3) is 11.0 Å². The van der Waals surface area contributed by atoms with Gasteiger partial charge in [0.15, 0.2) is 0 Å². The molecule has 2 aromatic rings. The van der Waals surface area contributed by atoms with Gasteiger partial charge in [-0.25, -0.2) is 9.59 Å². The summed E-state index contributed by atoms with van der Waals surface area (Å²) in [6, 6.07) is 8.30. The lowest BCUT2D eigenvalue weighted by molar-refractivity contribution is -0.143. The number of carboxylic acid groups (broad SMARTS) is 1. The Labute approximate surface area is 96.5 Å². The first kappa shape index (κ1) is 11.3. The molecule has 0 bridgehead atoms. The summed E-state index contributed by atoms with van der Waals surface area (Å²) in [7, 11) is 0. The Morgan fingerprint density at radius 3 is 2.71 bits per heavy atom. The van der Waals surface area contributed by atoms with E-state index in [4.69, 9.17) is 15.3 Å². The molecule has 0 radical (unpaired) electrons. The van der Waals surface area contributed by atoms with Gasteiger partial charge in [-0.1, -0.05) is 18.2 Å². The van der Waals surface area contributed by atoms with E-state index in [-0.39, 0.29) is 5.56 Å². The first-order valence-electron chi connectivity index (χ1n) is 4.98. The molecule has 0 saturated carbocycles. The minimum absolute atomic E-state index is 0.0660. The molecule has 0 aliphatic rings. The SMILES string of the molecule is CC(N)(C(=O)O)c1cc2ccccc2oc1=O. The predicted molar refractivity (Wildman–Crippen MR) is 61.7 cm³/mol. The van der Waals surface area contributed by atoms with E-state index in [0.29, 0.717) is 11.0 Å². The van der Waals surface area contributed by atoms with Crippen molar-refractivity contribution in [1.29, 1.82) is 0 Å². The molecule has 0 fully saturated rings. The van der Waals surface area contributed by atoms with Crippen LogP contribution in [0.1, 0.15) is 12.5 Å². The fourth-order valence-electron chi connectivity index (χ4n) is 1.54. The van der Waals surface area contributed by atoms with Crippen molar-refractivity contribution in [1.82, 2.24) is 0 Å². The fraction of sp³-hybridized carbons (Fsp3) is 0.167. The highest BCUT2D eigenvalue weighted by Gasteiger charge is 2.34. The molecular formula is C12H11NO4. The number of aliphatic carboxylic acids is 1. The van der Waals surface area contributed by atoms with Crippen molar-refractivity contribution in [3.8, 4) is 0 Å². The van der Waals surface area contributed by atoms with Gasteiger partial charge in [0.1, 0.15) is 11.1 Å². The van der Waals surface area contributed by atoms with Crippen molar-refractivity contribution < 1.29 is 14.3 Å². The van der Waals surface area contributed by atoms with Gasteiger partial charge in [-0.3, -0.25) is 0 Å². The summed E-state index contributed by atoms with van der Waals surface area (Å²) in [5.74, 6) is -1.28. The summed E-state index contributed by atoms with van der Waals surface area (Å²) in [6.07, 6.45) is 0. The lowest BCUT2D eigenvalue weighted by Gasteiger charge is -2.18. The maximum absolute atomic E-state index is 11.7. The largest absolute Gasteiger partial charge is 0.480 e. The molecule has 1 unspecified atom stereocenters. The average molecular weight is 233 g/mol. The number of para-hydroxylation sites is 1. The second-order valence-corrected chi connectivity index (χ2v) is 3.99. The molecule has 17 heavy (non-hydrogen) atoms. The molecule has 2 rings (SSSR count). The minimum Gasteiger partial charge on any atom is -0.480 e. The molecule has 88 valence electrons. The van der Waals surface area contributed by atoms with Crippen molar-refractivity contribution in [2.24, 2.45) is 5.73 Å². The fourth-order valence-corrected chi connectivity index (χ4v) is 1.54. The second-order valence-electron chi connectivity index (χ2n) is 3.99. The molecule has 1 heterocycles. The van der Waals surface area contributed by atoms with E-state index in [1.54, 1.807) is 24.3 Å². The van der Waals surface area contributed by atoms with Crippen molar-refractivity contribution in [2.75, 3.05) is 0 Å². The number of hydrogen-bond acceptors (Lipinski definition) is 4. The monoisotopic (exact) mass is 233 g/mol. The highest BCUT2D eigenvalue weighted by atomic mass is 16.4. The Morgan fingerprint density at radius 1 is 1.41 bits per heavy atom. The molecular weight excluding hydrogens is 222 g/mol. The van der Waals surface area contributed by atoms with Crippen molar-refractivity contribution in [3.05, 3.63) is 46.3 Å². The maximum atomic E-state index is 11.7. The van der Waals surface area contributed by atoms with Crippen molar-refractivity contribution in [3.63, 3.8) is 0 Å². The molecule has 5 heteroatoms. The summed E-state index contributed by atoms with van der Waals surface area (Å²) in [4.78, 5) is 22.7. The molecule has 1 atom stereocenters. The number of benzene rings is 1. The van der Waals surface area contributed by atoms with Crippen LogP contribution in [0.2, 0.25) is 0 Å². The van der Waals surface area contributed by atoms with Gasteiger partial charge in [0.05, 0.1) is 5.56 Å². The van der Waals surface area contributed by atoms with Crippen molar-refractivity contribution in [2.45, 2.75) is 12.5 Å². The van der Waals surface area contributed by atoms with Crippen LogP contribution in [0.3, 0.4) is 0 Å². The number of fused-ring (bicyclic) bond motifs is 1. The summed E-state index contributed by atoms with van der Waals surface area (Å²) >= 11 is 0. The lowest BCUT2D eigenvalue weighted by atomic mass is 9.94. The highest BCUT2D eigenvalue weighted by Crippen LogP contribution is 2.19. The van der Waals surface area contributed by atoms with E-state index in [2.05, 4.69) is 0 Å². The Bertz CT molecular complexity index is 642. The topological polar surface area (TPSA) is 93.5 Å². The standard InChI is InChI=1S/C12H11NO4/c1-12(13,11(15)16)8-6-7-4-2-3-5-9(7)17-10(8)14/h2-6H,13H2,1H3,(H,15,16). The Hall–Kier alpha value is -2.14. The lowest BCUT2D eigenvalue weighted by Crippen LogP contribution is -2.45. The van der Waals surface area contributed by atoms with Gasteiger partial charge >= 0.3 is 11.6 Å². The Kier molecular flexibility index (Phi) is 2.48. The third kappa shape index (κ3) is 1.81. The van der Waals surface area contributed by atoms with E-state index in [9.17, 15) is 9.59 Å². The molecule has 0 amide bonds. The molecule has 3 N–H and O–H groups in total. The van der Waals surface area contributed by atoms with E-state index >= 15 is 0 Å². The third-order valence-corrected chi connectivity index (χ3v) is 2.65.